The number of halogens is 1. The van der Waals surface area contributed by atoms with Crippen molar-refractivity contribution >= 4 is 0 Å². The highest BCUT2D eigenvalue weighted by Crippen LogP contribution is 2.34. The first kappa shape index (κ1) is 25.1. The van der Waals surface area contributed by atoms with Crippen LogP contribution in [0.15, 0.2) is 85.1 Å². The molecule has 1 aliphatic heterocycles. The minimum absolute atomic E-state index is 0.203. The molecule has 1 atom stereocenters. The van der Waals surface area contributed by atoms with Gasteiger partial charge in [-0.3, -0.25) is 4.90 Å². The number of piperidine rings is 1. The van der Waals surface area contributed by atoms with E-state index in [1.165, 1.54) is 56.9 Å². The van der Waals surface area contributed by atoms with Crippen molar-refractivity contribution in [3.05, 3.63) is 96.4 Å². The van der Waals surface area contributed by atoms with Crippen LogP contribution in [0.2, 0.25) is 0 Å². The number of hydrogen-bond donors (Lipinski definition) is 0. The Hall–Kier alpha value is -3.24. The Morgan fingerprint density at radius 2 is 1.45 bits per heavy atom. The Labute approximate surface area is 226 Å². The summed E-state index contributed by atoms with van der Waals surface area (Å²) < 4.78 is 17.1. The summed E-state index contributed by atoms with van der Waals surface area (Å²) in [5.74, 6) is 1.50. The number of benzene rings is 3. The van der Waals surface area contributed by atoms with Crippen LogP contribution in [0.4, 0.5) is 4.39 Å². The highest BCUT2D eigenvalue weighted by molar-refractivity contribution is 5.68. The van der Waals surface area contributed by atoms with Crippen molar-refractivity contribution in [3.63, 3.8) is 0 Å². The topological polar surface area (TPSA) is 21.1 Å². The normalized spacial score (nSPS) is 19.0. The molecule has 3 aromatic carbocycles. The first-order valence-corrected chi connectivity index (χ1v) is 14.4. The molecule has 3 nitrogen and oxygen atoms in total. The molecule has 2 fully saturated rings. The lowest BCUT2D eigenvalue weighted by atomic mass is 9.80. The summed E-state index contributed by atoms with van der Waals surface area (Å²) in [5, 5.41) is 4.81. The van der Waals surface area contributed by atoms with E-state index in [2.05, 4.69) is 53.4 Å². The first-order valence-electron chi connectivity index (χ1n) is 14.4. The standard InChI is InChI=1S/C34H38FN3/c35-33-16-8-7-15-32(33)34-30(25-37-21-9-12-27(24-37)22-26-10-3-1-4-11-26)23-36-38(34)31-19-17-29(18-20-31)28-13-5-2-6-14-28/h2,5-8,13-20,23,26-27H,1,3-4,9-12,21-22,24-25H2. The fourth-order valence-corrected chi connectivity index (χ4v) is 6.68. The molecule has 196 valence electrons. The molecule has 4 aromatic rings. The number of hydrogen-bond acceptors (Lipinski definition) is 2. The summed E-state index contributed by atoms with van der Waals surface area (Å²) in [6.07, 6.45) is 13.0. The van der Waals surface area contributed by atoms with E-state index in [4.69, 9.17) is 5.10 Å². The molecular weight excluding hydrogens is 469 g/mol. The zero-order valence-electron chi connectivity index (χ0n) is 22.2. The van der Waals surface area contributed by atoms with E-state index in [0.29, 0.717) is 5.56 Å². The second-order valence-corrected chi connectivity index (χ2v) is 11.3. The Balaban J connectivity index is 1.27. The van der Waals surface area contributed by atoms with Gasteiger partial charge < -0.3 is 0 Å². The van der Waals surface area contributed by atoms with E-state index in [9.17, 15) is 0 Å². The maximum absolute atomic E-state index is 15.2. The molecule has 2 heterocycles. The van der Waals surface area contributed by atoms with Gasteiger partial charge in [-0.25, -0.2) is 9.07 Å². The van der Waals surface area contributed by atoms with E-state index in [0.717, 1.165) is 54.0 Å². The summed E-state index contributed by atoms with van der Waals surface area (Å²) in [5.41, 5.74) is 5.87. The Kier molecular flexibility index (Phi) is 7.69. The molecule has 6 rings (SSSR count). The van der Waals surface area contributed by atoms with Gasteiger partial charge in [0.1, 0.15) is 5.82 Å². The molecule has 1 aliphatic carbocycles. The second kappa shape index (κ2) is 11.7. The molecule has 1 aromatic heterocycles. The molecule has 1 unspecified atom stereocenters. The molecular formula is C34H38FN3. The third-order valence-corrected chi connectivity index (χ3v) is 8.58. The molecule has 0 spiro atoms. The minimum Gasteiger partial charge on any atom is -0.299 e. The number of nitrogens with zero attached hydrogens (tertiary/aromatic N) is 3. The van der Waals surface area contributed by atoms with E-state index < -0.39 is 0 Å². The van der Waals surface area contributed by atoms with Crippen LogP contribution in [0.25, 0.3) is 28.1 Å². The zero-order chi connectivity index (χ0) is 25.7. The molecule has 0 N–H and O–H groups in total. The van der Waals surface area contributed by atoms with E-state index >= 15 is 4.39 Å². The van der Waals surface area contributed by atoms with Gasteiger partial charge in [-0.2, -0.15) is 5.10 Å². The van der Waals surface area contributed by atoms with Gasteiger partial charge in [0, 0.05) is 24.2 Å². The molecule has 2 aliphatic rings. The van der Waals surface area contributed by atoms with Crippen molar-refractivity contribution in [1.82, 2.24) is 14.7 Å². The average molecular weight is 508 g/mol. The zero-order valence-corrected chi connectivity index (χ0v) is 22.2. The van der Waals surface area contributed by atoms with Gasteiger partial charge in [0.05, 0.1) is 17.6 Å². The van der Waals surface area contributed by atoms with Gasteiger partial charge in [-0.15, -0.1) is 0 Å². The van der Waals surface area contributed by atoms with Crippen LogP contribution in [0, 0.1) is 17.7 Å². The third-order valence-electron chi connectivity index (χ3n) is 8.58. The average Bonchev–Trinajstić information content (AvgIpc) is 3.37. The van der Waals surface area contributed by atoms with Gasteiger partial charge in [0.15, 0.2) is 0 Å². The quantitative estimate of drug-likeness (QED) is 0.250. The SMILES string of the molecule is Fc1ccccc1-c1c(CN2CCCC(CC3CCCCC3)C2)cnn1-c1ccc(-c2ccccc2)cc1. The minimum atomic E-state index is -0.203. The monoisotopic (exact) mass is 507 g/mol. The molecule has 4 heteroatoms. The van der Waals surface area contributed by atoms with Crippen molar-refractivity contribution < 1.29 is 4.39 Å². The molecule has 0 bridgehead atoms. The molecule has 38 heavy (non-hydrogen) atoms. The van der Waals surface area contributed by atoms with Gasteiger partial charge in [0.2, 0.25) is 0 Å². The Bertz CT molecular complexity index is 1320. The van der Waals surface area contributed by atoms with Crippen LogP contribution in [-0.2, 0) is 6.54 Å². The summed E-state index contributed by atoms with van der Waals surface area (Å²) in [6, 6.07) is 25.9. The fraction of sp³-hybridized carbons (Fsp3) is 0.382. The van der Waals surface area contributed by atoms with Crippen LogP contribution in [0.5, 0.6) is 0 Å². The van der Waals surface area contributed by atoms with Crippen molar-refractivity contribution in [2.75, 3.05) is 13.1 Å². The first-order chi connectivity index (χ1) is 18.7. The van der Waals surface area contributed by atoms with Crippen molar-refractivity contribution in [2.45, 2.75) is 57.9 Å². The number of likely N-dealkylation sites (tertiary alicyclic amines) is 1. The third kappa shape index (κ3) is 5.61. The van der Waals surface area contributed by atoms with Crippen LogP contribution < -0.4 is 0 Å². The van der Waals surface area contributed by atoms with Crippen LogP contribution in [-0.4, -0.2) is 27.8 Å². The van der Waals surface area contributed by atoms with Gasteiger partial charge in [-0.1, -0.05) is 86.7 Å². The summed E-state index contributed by atoms with van der Waals surface area (Å²) >= 11 is 0. The van der Waals surface area contributed by atoms with Crippen molar-refractivity contribution in [1.29, 1.82) is 0 Å². The lowest BCUT2D eigenvalue weighted by molar-refractivity contribution is 0.141. The molecule has 0 amide bonds. The Morgan fingerprint density at radius 1 is 0.737 bits per heavy atom. The molecule has 1 saturated carbocycles. The number of rotatable bonds is 7. The lowest BCUT2D eigenvalue weighted by Crippen LogP contribution is -2.36. The number of aromatic nitrogens is 2. The van der Waals surface area contributed by atoms with E-state index in [1.54, 1.807) is 12.1 Å². The predicted molar refractivity (Wildman–Crippen MR) is 154 cm³/mol. The van der Waals surface area contributed by atoms with Crippen molar-refractivity contribution in [3.8, 4) is 28.1 Å². The van der Waals surface area contributed by atoms with Gasteiger partial charge in [0.25, 0.3) is 0 Å². The predicted octanol–water partition coefficient (Wildman–Crippen LogP) is 8.53. The maximum atomic E-state index is 15.2. The van der Waals surface area contributed by atoms with Gasteiger partial charge >= 0.3 is 0 Å². The lowest BCUT2D eigenvalue weighted by Gasteiger charge is -2.35. The van der Waals surface area contributed by atoms with Crippen LogP contribution in [0.3, 0.4) is 0 Å². The molecule has 1 saturated heterocycles. The summed E-state index contributed by atoms with van der Waals surface area (Å²) in [7, 11) is 0. The maximum Gasteiger partial charge on any atom is 0.132 e. The highest BCUT2D eigenvalue weighted by atomic mass is 19.1. The van der Waals surface area contributed by atoms with Crippen LogP contribution >= 0.6 is 0 Å². The summed E-state index contributed by atoms with van der Waals surface area (Å²) in [6.45, 7) is 3.06. The van der Waals surface area contributed by atoms with Crippen molar-refractivity contribution in [2.24, 2.45) is 11.8 Å². The fourth-order valence-electron chi connectivity index (χ4n) is 6.68. The van der Waals surface area contributed by atoms with Crippen LogP contribution in [0.1, 0.15) is 56.9 Å². The van der Waals surface area contributed by atoms with Gasteiger partial charge in [-0.05, 0) is 73.0 Å². The highest BCUT2D eigenvalue weighted by Gasteiger charge is 2.26. The summed E-state index contributed by atoms with van der Waals surface area (Å²) in [4.78, 5) is 2.58. The molecule has 0 radical (unpaired) electrons. The van der Waals surface area contributed by atoms with E-state index in [-0.39, 0.29) is 5.82 Å². The van der Waals surface area contributed by atoms with E-state index in [1.807, 2.05) is 29.1 Å². The smallest absolute Gasteiger partial charge is 0.132 e. The Morgan fingerprint density at radius 3 is 2.24 bits per heavy atom. The second-order valence-electron chi connectivity index (χ2n) is 11.3. The largest absolute Gasteiger partial charge is 0.299 e.